The van der Waals surface area contributed by atoms with Crippen LogP contribution in [0.1, 0.15) is 0 Å². The van der Waals surface area contributed by atoms with Gasteiger partial charge in [-0.3, -0.25) is 0 Å². The van der Waals surface area contributed by atoms with Crippen molar-refractivity contribution in [2.24, 2.45) is 0 Å². The van der Waals surface area contributed by atoms with Crippen molar-refractivity contribution in [1.82, 2.24) is 9.97 Å². The highest BCUT2D eigenvalue weighted by molar-refractivity contribution is 5.89. The maximum absolute atomic E-state index is 13.1. The second kappa shape index (κ2) is 5.71. The van der Waals surface area contributed by atoms with Gasteiger partial charge in [0.2, 0.25) is 5.95 Å². The summed E-state index contributed by atoms with van der Waals surface area (Å²) in [5, 5.41) is 3.73. The molecule has 3 rings (SSSR count). The number of nitrogen functional groups attached to an aromatic ring is 1. The van der Waals surface area contributed by atoms with Crippen LogP contribution in [0.2, 0.25) is 0 Å². The molecule has 0 aliphatic carbocycles. The molecule has 4 nitrogen and oxygen atoms in total. The molecule has 0 aliphatic rings. The van der Waals surface area contributed by atoms with E-state index in [9.17, 15) is 4.39 Å². The van der Waals surface area contributed by atoms with Crippen LogP contribution < -0.4 is 23.5 Å². The Hall–Kier alpha value is -2.40. The maximum Gasteiger partial charge on any atom is 0.229 e. The monoisotopic (exact) mass is 289 g/mol. The molecule has 0 atom stereocenters. The molecule has 0 fully saturated rings. The van der Waals surface area contributed by atoms with Gasteiger partial charge in [0.1, 0.15) is 11.6 Å². The average Bonchev–Trinajstić information content (AvgIpc) is 2.39. The molecule has 1 heterocycles. The summed E-state index contributed by atoms with van der Waals surface area (Å²) in [5.74, 6) is 0.421. The van der Waals surface area contributed by atoms with Crippen LogP contribution in [0.3, 0.4) is 0 Å². The van der Waals surface area contributed by atoms with E-state index >= 15 is 0 Å². The van der Waals surface area contributed by atoms with Crippen molar-refractivity contribution in [3.63, 3.8) is 0 Å². The smallest absolute Gasteiger partial charge is 0.229 e. The van der Waals surface area contributed by atoms with Gasteiger partial charge in [0, 0.05) is 11.1 Å². The Kier molecular flexibility index (Phi) is 4.00. The van der Waals surface area contributed by atoms with Crippen LogP contribution in [-0.4, -0.2) is 9.97 Å². The van der Waals surface area contributed by atoms with E-state index in [4.69, 9.17) is 5.73 Å². The lowest BCUT2D eigenvalue weighted by Gasteiger charge is -2.07. The average molecular weight is 290 g/mol. The normalized spacial score (nSPS) is 10.1. The number of benzene rings is 2. The Bertz CT molecular complexity index is 748. The molecule has 0 unspecified atom stereocenters. The number of hydrogen-bond donors (Lipinski definition) is 2. The lowest BCUT2D eigenvalue weighted by Crippen LogP contribution is -3.00. The zero-order chi connectivity index (χ0) is 13.2. The van der Waals surface area contributed by atoms with Crippen molar-refractivity contribution in [3.8, 4) is 0 Å². The van der Waals surface area contributed by atoms with Gasteiger partial charge in [0.25, 0.3) is 0 Å². The van der Waals surface area contributed by atoms with Gasteiger partial charge in [-0.05, 0) is 30.3 Å². The van der Waals surface area contributed by atoms with Crippen LogP contribution in [0, 0.1) is 5.82 Å². The predicted octanol–water partition coefficient (Wildman–Crippen LogP) is 0.0987. The topological polar surface area (TPSA) is 63.8 Å². The van der Waals surface area contributed by atoms with Gasteiger partial charge < -0.3 is 23.5 Å². The first-order chi connectivity index (χ1) is 9.22. The van der Waals surface area contributed by atoms with Gasteiger partial charge >= 0.3 is 0 Å². The molecule has 0 saturated heterocycles. The van der Waals surface area contributed by atoms with Crippen LogP contribution >= 0.6 is 0 Å². The summed E-state index contributed by atoms with van der Waals surface area (Å²) in [6.07, 6.45) is 0. The first kappa shape index (κ1) is 14.0. The number of rotatable bonds is 2. The number of nitrogens with two attached hydrogens (primary N) is 1. The van der Waals surface area contributed by atoms with E-state index in [1.165, 1.54) is 12.1 Å². The van der Waals surface area contributed by atoms with E-state index in [1.807, 2.05) is 24.3 Å². The molecule has 102 valence electrons. The second-order valence-electron chi connectivity index (χ2n) is 4.08. The highest BCUT2D eigenvalue weighted by atomic mass is 35.5. The van der Waals surface area contributed by atoms with E-state index in [-0.39, 0.29) is 18.2 Å². The summed E-state index contributed by atoms with van der Waals surface area (Å²) in [5.41, 5.74) is 7.20. The molecule has 0 spiro atoms. The maximum atomic E-state index is 13.1. The summed E-state index contributed by atoms with van der Waals surface area (Å²) < 4.78 is 13.1. The first-order valence-corrected chi connectivity index (χ1v) is 5.77. The summed E-state index contributed by atoms with van der Waals surface area (Å²) in [7, 11) is 0. The van der Waals surface area contributed by atoms with Gasteiger partial charge in [0.05, 0.1) is 5.52 Å². The summed E-state index contributed by atoms with van der Waals surface area (Å²) in [4.78, 5) is 8.50. The number of para-hydroxylation sites is 1. The molecule has 2 aromatic carbocycles. The number of fused-ring (bicyclic) bond motifs is 1. The van der Waals surface area contributed by atoms with Crippen molar-refractivity contribution in [3.05, 3.63) is 54.3 Å². The summed E-state index contributed by atoms with van der Waals surface area (Å²) in [6, 6.07) is 13.6. The van der Waals surface area contributed by atoms with Crippen molar-refractivity contribution >= 4 is 28.4 Å². The molecule has 0 amide bonds. The van der Waals surface area contributed by atoms with Crippen molar-refractivity contribution in [1.29, 1.82) is 0 Å². The molecule has 0 saturated carbocycles. The Labute approximate surface area is 121 Å². The lowest BCUT2D eigenvalue weighted by molar-refractivity contribution is -0.00000460. The number of nitrogens with one attached hydrogen (secondary N) is 1. The van der Waals surface area contributed by atoms with Crippen molar-refractivity contribution in [2.45, 2.75) is 0 Å². The Morgan fingerprint density at radius 3 is 2.60 bits per heavy atom. The number of halogens is 2. The van der Waals surface area contributed by atoms with Crippen LogP contribution in [0.4, 0.5) is 21.8 Å². The number of hydrogen-bond acceptors (Lipinski definition) is 4. The molecule has 1 aromatic heterocycles. The fraction of sp³-hybridized carbons (Fsp3) is 0. The highest BCUT2D eigenvalue weighted by Gasteiger charge is 2.05. The van der Waals surface area contributed by atoms with Gasteiger partial charge in [0.15, 0.2) is 0 Å². The Balaban J connectivity index is 0.00000147. The fourth-order valence-electron chi connectivity index (χ4n) is 1.85. The van der Waals surface area contributed by atoms with Gasteiger partial charge in [-0.2, -0.15) is 4.98 Å². The SMILES string of the molecule is Nc1nc(Nc2cccc(F)c2)nc2ccccc12.[Cl-]. The number of anilines is 3. The molecule has 0 radical (unpaired) electrons. The van der Waals surface area contributed by atoms with Gasteiger partial charge in [-0.1, -0.05) is 18.2 Å². The van der Waals surface area contributed by atoms with Crippen LogP contribution in [0.15, 0.2) is 48.5 Å². The third-order valence-corrected chi connectivity index (χ3v) is 2.71. The highest BCUT2D eigenvalue weighted by Crippen LogP contribution is 2.21. The number of aromatic nitrogens is 2. The molecule has 3 N–H and O–H groups in total. The largest absolute Gasteiger partial charge is 1.00 e. The van der Waals surface area contributed by atoms with E-state index in [2.05, 4.69) is 15.3 Å². The van der Waals surface area contributed by atoms with E-state index < -0.39 is 0 Å². The van der Waals surface area contributed by atoms with E-state index in [0.717, 1.165) is 10.9 Å². The third-order valence-electron chi connectivity index (χ3n) is 2.71. The van der Waals surface area contributed by atoms with Gasteiger partial charge in [-0.25, -0.2) is 9.37 Å². The minimum absolute atomic E-state index is 0. The fourth-order valence-corrected chi connectivity index (χ4v) is 1.85. The summed E-state index contributed by atoms with van der Waals surface area (Å²) in [6.45, 7) is 0. The minimum Gasteiger partial charge on any atom is -1.00 e. The number of nitrogens with zero attached hydrogens (tertiary/aromatic N) is 2. The van der Waals surface area contributed by atoms with Crippen LogP contribution in [-0.2, 0) is 0 Å². The quantitative estimate of drug-likeness (QED) is 0.702. The molecule has 0 bridgehead atoms. The first-order valence-electron chi connectivity index (χ1n) is 5.77. The van der Waals surface area contributed by atoms with E-state index in [0.29, 0.717) is 17.5 Å². The van der Waals surface area contributed by atoms with Crippen molar-refractivity contribution < 1.29 is 16.8 Å². The molecular formula is C14H11ClFN4-. The standard InChI is InChI=1S/C14H11FN4.ClH/c15-9-4-3-5-10(8-9)17-14-18-12-7-2-1-6-11(12)13(16)19-14;/h1-8H,(H3,16,17,18,19);1H/p-1. The Morgan fingerprint density at radius 2 is 1.80 bits per heavy atom. The van der Waals surface area contributed by atoms with Crippen LogP contribution in [0.5, 0.6) is 0 Å². The van der Waals surface area contributed by atoms with E-state index in [1.54, 1.807) is 12.1 Å². The zero-order valence-electron chi connectivity index (χ0n) is 10.3. The minimum atomic E-state index is -0.321. The molecular weight excluding hydrogens is 279 g/mol. The van der Waals surface area contributed by atoms with Crippen LogP contribution in [0.25, 0.3) is 10.9 Å². The van der Waals surface area contributed by atoms with Gasteiger partial charge in [-0.15, -0.1) is 0 Å². The second-order valence-corrected chi connectivity index (χ2v) is 4.08. The van der Waals surface area contributed by atoms with Crippen molar-refractivity contribution in [2.75, 3.05) is 11.1 Å². The lowest BCUT2D eigenvalue weighted by atomic mass is 10.2. The molecule has 0 aliphatic heterocycles. The third kappa shape index (κ3) is 2.78. The molecule has 20 heavy (non-hydrogen) atoms. The summed E-state index contributed by atoms with van der Waals surface area (Å²) >= 11 is 0. The zero-order valence-corrected chi connectivity index (χ0v) is 11.1. The predicted molar refractivity (Wildman–Crippen MR) is 73.6 cm³/mol. The molecule has 3 aromatic rings. The molecule has 6 heteroatoms. The Morgan fingerprint density at radius 1 is 1.00 bits per heavy atom.